The third-order valence-electron chi connectivity index (χ3n) is 5.99. The van der Waals surface area contributed by atoms with Crippen LogP contribution in [0.5, 0.6) is 0 Å². The topological polar surface area (TPSA) is 70.4 Å². The minimum absolute atomic E-state index is 0.231. The predicted octanol–water partition coefficient (Wildman–Crippen LogP) is 3.19. The first-order valence-corrected chi connectivity index (χ1v) is 11.0. The van der Waals surface area contributed by atoms with Gasteiger partial charge in [0.05, 0.1) is 21.6 Å². The molecule has 1 aliphatic rings. The number of benzene rings is 1. The summed E-state index contributed by atoms with van der Waals surface area (Å²) in [4.78, 5) is 4.60. The molecule has 0 bridgehead atoms. The smallest absolute Gasteiger partial charge is 0.399 e. The maximum absolute atomic E-state index is 13.4. The first kappa shape index (κ1) is 20.1. The average Bonchev–Trinajstić information content (AvgIpc) is 3.12. The van der Waals surface area contributed by atoms with Crippen LogP contribution in [0.25, 0.3) is 10.9 Å². The molecule has 2 aromatic heterocycles. The van der Waals surface area contributed by atoms with Gasteiger partial charge in [0.2, 0.25) is 0 Å². The quantitative estimate of drug-likeness (QED) is 0.618. The van der Waals surface area contributed by atoms with E-state index in [-0.39, 0.29) is 4.90 Å². The lowest BCUT2D eigenvalue weighted by atomic mass is 9.78. The number of aryl methyl sites for hydroxylation is 2. The lowest BCUT2D eigenvalue weighted by molar-refractivity contribution is 0.00578. The molecule has 0 unspecified atom stereocenters. The number of fused-ring (bicyclic) bond motifs is 1. The second kappa shape index (κ2) is 6.42. The SMILES string of the molecule is Cc1ccc(S(=O)(=O)n2cc(B3OC(C)(C)C(C)(C)O3)c3c(C)nccc32)cc1. The fourth-order valence-corrected chi connectivity index (χ4v) is 4.90. The highest BCUT2D eigenvalue weighted by atomic mass is 32.2. The van der Waals surface area contributed by atoms with E-state index in [1.807, 2.05) is 41.5 Å². The molecule has 152 valence electrons. The summed E-state index contributed by atoms with van der Waals surface area (Å²) in [5.41, 5.74) is 1.89. The van der Waals surface area contributed by atoms with Crippen molar-refractivity contribution in [2.24, 2.45) is 0 Å². The van der Waals surface area contributed by atoms with Gasteiger partial charge >= 0.3 is 7.12 Å². The summed E-state index contributed by atoms with van der Waals surface area (Å²) in [5.74, 6) is 0. The highest BCUT2D eigenvalue weighted by Crippen LogP contribution is 2.37. The fraction of sp³-hybridized carbons (Fsp3) is 0.381. The summed E-state index contributed by atoms with van der Waals surface area (Å²) in [7, 11) is -4.47. The Labute approximate surface area is 172 Å². The van der Waals surface area contributed by atoms with E-state index in [1.54, 1.807) is 42.7 Å². The van der Waals surface area contributed by atoms with Gasteiger partial charge in [-0.3, -0.25) is 4.98 Å². The minimum Gasteiger partial charge on any atom is -0.399 e. The Kier molecular flexibility index (Phi) is 4.46. The van der Waals surface area contributed by atoms with E-state index >= 15 is 0 Å². The van der Waals surface area contributed by atoms with Crippen molar-refractivity contribution in [3.05, 3.63) is 54.0 Å². The van der Waals surface area contributed by atoms with E-state index in [2.05, 4.69) is 4.98 Å². The molecule has 0 radical (unpaired) electrons. The Morgan fingerprint density at radius 1 is 0.966 bits per heavy atom. The van der Waals surface area contributed by atoms with Gasteiger partial charge in [-0.15, -0.1) is 0 Å². The van der Waals surface area contributed by atoms with Gasteiger partial charge in [0.1, 0.15) is 0 Å². The molecular weight excluding hydrogens is 387 g/mol. The molecule has 0 N–H and O–H groups in total. The predicted molar refractivity (Wildman–Crippen MR) is 114 cm³/mol. The zero-order valence-electron chi connectivity index (χ0n) is 17.6. The Morgan fingerprint density at radius 3 is 2.14 bits per heavy atom. The second-order valence-corrected chi connectivity index (χ2v) is 10.4. The molecule has 0 amide bonds. The standard InChI is InChI=1S/C21H25BN2O4S/c1-14-7-9-16(10-8-14)29(25,26)24-13-17(19-15(2)23-12-11-18(19)24)22-27-20(3,4)21(5,6)28-22/h7-13H,1-6H3. The van der Waals surface area contributed by atoms with Crippen LogP contribution in [0.4, 0.5) is 0 Å². The van der Waals surface area contributed by atoms with Crippen LogP contribution < -0.4 is 5.46 Å². The van der Waals surface area contributed by atoms with E-state index in [9.17, 15) is 8.42 Å². The molecule has 1 aliphatic heterocycles. The molecule has 3 heterocycles. The first-order chi connectivity index (χ1) is 13.4. The summed E-state index contributed by atoms with van der Waals surface area (Å²) in [6.45, 7) is 11.7. The summed E-state index contributed by atoms with van der Waals surface area (Å²) < 4.78 is 40.5. The lowest BCUT2D eigenvalue weighted by Crippen LogP contribution is -2.41. The Balaban J connectivity index is 1.92. The summed E-state index contributed by atoms with van der Waals surface area (Å²) in [5, 5.41) is 0.738. The number of hydrogen-bond donors (Lipinski definition) is 0. The van der Waals surface area contributed by atoms with Crippen LogP contribution in [0, 0.1) is 13.8 Å². The molecule has 29 heavy (non-hydrogen) atoms. The van der Waals surface area contributed by atoms with Crippen molar-refractivity contribution >= 4 is 33.5 Å². The molecule has 3 aromatic rings. The van der Waals surface area contributed by atoms with Crippen molar-refractivity contribution in [1.82, 2.24) is 8.96 Å². The number of hydrogen-bond acceptors (Lipinski definition) is 5. The Morgan fingerprint density at radius 2 is 1.55 bits per heavy atom. The van der Waals surface area contributed by atoms with Crippen molar-refractivity contribution in [3.8, 4) is 0 Å². The van der Waals surface area contributed by atoms with Gasteiger partial charge in [0.15, 0.2) is 0 Å². The van der Waals surface area contributed by atoms with Gasteiger partial charge in [0, 0.05) is 28.9 Å². The molecule has 1 aromatic carbocycles. The molecule has 0 aliphatic carbocycles. The van der Waals surface area contributed by atoms with Crippen LogP contribution in [0.15, 0.2) is 47.6 Å². The van der Waals surface area contributed by atoms with Crippen molar-refractivity contribution in [2.45, 2.75) is 57.6 Å². The highest BCUT2D eigenvalue weighted by molar-refractivity contribution is 7.90. The molecule has 4 rings (SSSR count). The Hall–Kier alpha value is -2.16. The summed E-state index contributed by atoms with van der Waals surface area (Å²) >= 11 is 0. The van der Waals surface area contributed by atoms with Crippen LogP contribution in [0.2, 0.25) is 0 Å². The summed E-state index contributed by atoms with van der Waals surface area (Å²) in [6, 6.07) is 8.54. The Bertz CT molecular complexity index is 1180. The van der Waals surface area contributed by atoms with Crippen molar-refractivity contribution in [3.63, 3.8) is 0 Å². The molecule has 0 atom stereocenters. The van der Waals surface area contributed by atoms with Crippen LogP contribution in [-0.2, 0) is 19.3 Å². The van der Waals surface area contributed by atoms with Crippen LogP contribution in [0.3, 0.4) is 0 Å². The van der Waals surface area contributed by atoms with E-state index in [1.165, 1.54) is 3.97 Å². The van der Waals surface area contributed by atoms with Gasteiger partial charge in [-0.25, -0.2) is 12.4 Å². The van der Waals surface area contributed by atoms with E-state index in [4.69, 9.17) is 9.31 Å². The van der Waals surface area contributed by atoms with Crippen molar-refractivity contribution in [2.75, 3.05) is 0 Å². The second-order valence-electron chi connectivity index (χ2n) is 8.58. The van der Waals surface area contributed by atoms with Crippen molar-refractivity contribution < 1.29 is 17.7 Å². The van der Waals surface area contributed by atoms with Gasteiger partial charge in [-0.1, -0.05) is 17.7 Å². The van der Waals surface area contributed by atoms with E-state index in [0.717, 1.165) is 16.6 Å². The van der Waals surface area contributed by atoms with Crippen molar-refractivity contribution in [1.29, 1.82) is 0 Å². The van der Waals surface area contributed by atoms with Gasteiger partial charge < -0.3 is 9.31 Å². The molecule has 0 spiro atoms. The largest absolute Gasteiger partial charge is 0.497 e. The third kappa shape index (κ3) is 3.10. The molecule has 6 nitrogen and oxygen atoms in total. The zero-order chi connectivity index (χ0) is 21.2. The van der Waals surface area contributed by atoms with Gasteiger partial charge in [0.25, 0.3) is 10.0 Å². The monoisotopic (exact) mass is 412 g/mol. The van der Waals surface area contributed by atoms with Crippen LogP contribution in [0.1, 0.15) is 39.0 Å². The highest BCUT2D eigenvalue weighted by Gasteiger charge is 2.52. The zero-order valence-corrected chi connectivity index (χ0v) is 18.4. The number of rotatable bonds is 3. The van der Waals surface area contributed by atoms with Crippen LogP contribution >= 0.6 is 0 Å². The minimum atomic E-state index is -3.79. The number of pyridine rings is 1. The van der Waals surface area contributed by atoms with Gasteiger partial charge in [-0.2, -0.15) is 0 Å². The maximum atomic E-state index is 13.4. The molecule has 0 saturated carbocycles. The van der Waals surface area contributed by atoms with E-state index < -0.39 is 28.3 Å². The first-order valence-electron chi connectivity index (χ1n) is 9.58. The third-order valence-corrected chi connectivity index (χ3v) is 7.67. The van der Waals surface area contributed by atoms with Gasteiger partial charge in [-0.05, 0) is 59.7 Å². The van der Waals surface area contributed by atoms with E-state index in [0.29, 0.717) is 11.0 Å². The molecule has 1 fully saturated rings. The lowest BCUT2D eigenvalue weighted by Gasteiger charge is -2.32. The maximum Gasteiger partial charge on any atom is 0.497 e. The molecule has 1 saturated heterocycles. The number of aromatic nitrogens is 2. The fourth-order valence-electron chi connectivity index (χ4n) is 3.53. The average molecular weight is 412 g/mol. The molecule has 8 heteroatoms. The number of nitrogens with zero attached hydrogens (tertiary/aromatic N) is 2. The molecular formula is C21H25BN2O4S. The summed E-state index contributed by atoms with van der Waals surface area (Å²) in [6.07, 6.45) is 3.23. The van der Waals surface area contributed by atoms with Crippen LogP contribution in [-0.4, -0.2) is 35.7 Å². The normalized spacial score (nSPS) is 18.5.